The van der Waals surface area contributed by atoms with Crippen LogP contribution < -0.4 is 0 Å². The van der Waals surface area contributed by atoms with Crippen LogP contribution in [-0.4, -0.2) is 0 Å². The zero-order valence-electron chi connectivity index (χ0n) is 14.6. The number of allylic oxidation sites excluding steroid dienone is 1. The maximum Gasteiger partial charge on any atom is -0.0142 e. The summed E-state index contributed by atoms with van der Waals surface area (Å²) in [5.41, 5.74) is 2.12. The van der Waals surface area contributed by atoms with Crippen molar-refractivity contribution in [3.05, 3.63) is 12.2 Å². The Morgan fingerprint density at radius 2 is 1.22 bits per heavy atom. The first kappa shape index (κ1) is 17.7. The molecule has 0 nitrogen and oxygen atoms in total. The van der Waals surface area contributed by atoms with Gasteiger partial charge in [0.15, 0.2) is 0 Å². The van der Waals surface area contributed by atoms with E-state index in [1.807, 2.05) is 0 Å². The van der Waals surface area contributed by atoms with E-state index < -0.39 is 0 Å². The molecule has 0 aliphatic heterocycles. The van der Waals surface area contributed by atoms with Gasteiger partial charge in [-0.15, -0.1) is 0 Å². The Kier molecular flexibility index (Phi) is 5.31. The summed E-state index contributed by atoms with van der Waals surface area (Å²) in [4.78, 5) is 0. The second kappa shape index (κ2) is 5.39. The molecule has 1 atom stereocenters. The molecule has 1 unspecified atom stereocenters. The van der Waals surface area contributed by atoms with Gasteiger partial charge in [-0.25, -0.2) is 0 Å². The van der Waals surface area contributed by atoms with Gasteiger partial charge in [0.25, 0.3) is 0 Å². The SMILES string of the molecule is C=C(C)C(CC(C)C)C(C)(C(C)(C)C)C(C)(C)C. The average Bonchev–Trinajstić information content (AvgIpc) is 2.08. The fraction of sp³-hybridized carbons (Fsp3) is 0.889. The second-order valence-electron chi connectivity index (χ2n) is 8.73. The predicted molar refractivity (Wildman–Crippen MR) is 84.8 cm³/mol. The molecule has 0 aromatic rings. The Morgan fingerprint density at radius 1 is 0.889 bits per heavy atom. The molecule has 0 aromatic heterocycles. The van der Waals surface area contributed by atoms with E-state index in [0.29, 0.717) is 5.92 Å². The lowest BCUT2D eigenvalue weighted by Crippen LogP contribution is -2.50. The molecule has 0 rings (SSSR count). The van der Waals surface area contributed by atoms with E-state index in [4.69, 9.17) is 0 Å². The Morgan fingerprint density at radius 3 is 1.39 bits per heavy atom. The van der Waals surface area contributed by atoms with Crippen molar-refractivity contribution in [3.63, 3.8) is 0 Å². The minimum absolute atomic E-state index is 0.246. The van der Waals surface area contributed by atoms with Crippen LogP contribution in [0.25, 0.3) is 0 Å². The maximum atomic E-state index is 4.30. The van der Waals surface area contributed by atoms with E-state index in [2.05, 4.69) is 75.8 Å². The van der Waals surface area contributed by atoms with Crippen molar-refractivity contribution in [1.29, 1.82) is 0 Å². The van der Waals surface area contributed by atoms with Gasteiger partial charge >= 0.3 is 0 Å². The third kappa shape index (κ3) is 3.39. The van der Waals surface area contributed by atoms with E-state index in [1.165, 1.54) is 12.0 Å². The van der Waals surface area contributed by atoms with Crippen molar-refractivity contribution in [2.75, 3.05) is 0 Å². The maximum absolute atomic E-state index is 4.30. The second-order valence-corrected chi connectivity index (χ2v) is 8.73. The number of hydrogen-bond acceptors (Lipinski definition) is 0. The average molecular weight is 252 g/mol. The standard InChI is InChI=1S/C18H36/c1-13(2)12-15(14(3)4)18(11,16(5,6)7)17(8,9)10/h13,15H,3,12H2,1-2,4-11H3. The first-order valence-corrected chi connectivity index (χ1v) is 7.40. The monoisotopic (exact) mass is 252 g/mol. The molecule has 0 N–H and O–H groups in total. The first-order chi connectivity index (χ1) is 7.75. The van der Waals surface area contributed by atoms with Crippen molar-refractivity contribution < 1.29 is 0 Å². The highest BCUT2D eigenvalue weighted by Gasteiger charge is 2.51. The molecule has 0 amide bonds. The van der Waals surface area contributed by atoms with Crippen molar-refractivity contribution in [2.24, 2.45) is 28.1 Å². The fourth-order valence-electron chi connectivity index (χ4n) is 3.57. The van der Waals surface area contributed by atoms with Gasteiger partial charge in [-0.05, 0) is 41.4 Å². The number of rotatable bonds is 4. The summed E-state index contributed by atoms with van der Waals surface area (Å²) in [5, 5.41) is 0. The molecule has 18 heavy (non-hydrogen) atoms. The molecule has 0 heterocycles. The molecule has 0 bridgehead atoms. The summed E-state index contributed by atoms with van der Waals surface area (Å²) < 4.78 is 0. The molecule has 0 heteroatoms. The van der Waals surface area contributed by atoms with Crippen molar-refractivity contribution in [1.82, 2.24) is 0 Å². The Labute approximate surface area is 116 Å². The minimum Gasteiger partial charge on any atom is -0.0998 e. The topological polar surface area (TPSA) is 0 Å². The zero-order chi connectivity index (χ0) is 14.9. The van der Waals surface area contributed by atoms with Crippen LogP contribution in [0.3, 0.4) is 0 Å². The van der Waals surface area contributed by atoms with Gasteiger partial charge in [0, 0.05) is 0 Å². The van der Waals surface area contributed by atoms with Crippen molar-refractivity contribution >= 4 is 0 Å². The highest BCUT2D eigenvalue weighted by atomic mass is 14.6. The van der Waals surface area contributed by atoms with Crippen LogP contribution in [0.5, 0.6) is 0 Å². The van der Waals surface area contributed by atoms with Gasteiger partial charge in [-0.2, -0.15) is 0 Å². The predicted octanol–water partition coefficient (Wildman–Crippen LogP) is 6.32. The summed E-state index contributed by atoms with van der Waals surface area (Å²) >= 11 is 0. The zero-order valence-corrected chi connectivity index (χ0v) is 14.6. The lowest BCUT2D eigenvalue weighted by Gasteiger charge is -2.57. The Balaban J connectivity index is 5.76. The van der Waals surface area contributed by atoms with Crippen LogP contribution in [0.15, 0.2) is 12.2 Å². The lowest BCUT2D eigenvalue weighted by molar-refractivity contribution is -0.0620. The van der Waals surface area contributed by atoms with Crippen LogP contribution in [-0.2, 0) is 0 Å². The summed E-state index contributed by atoms with van der Waals surface area (Å²) in [5.74, 6) is 1.30. The normalized spacial score (nSPS) is 15.9. The van der Waals surface area contributed by atoms with Gasteiger partial charge in [0.05, 0.1) is 0 Å². The summed E-state index contributed by atoms with van der Waals surface area (Å²) in [6.45, 7) is 27.9. The van der Waals surface area contributed by atoms with Crippen LogP contribution in [0.1, 0.15) is 75.7 Å². The highest BCUT2D eigenvalue weighted by Crippen LogP contribution is 2.58. The molecule has 0 saturated carbocycles. The Bertz CT molecular complexity index is 266. The first-order valence-electron chi connectivity index (χ1n) is 7.40. The van der Waals surface area contributed by atoms with E-state index in [1.54, 1.807) is 0 Å². The molecule has 0 spiro atoms. The van der Waals surface area contributed by atoms with E-state index >= 15 is 0 Å². The van der Waals surface area contributed by atoms with Gasteiger partial charge < -0.3 is 0 Å². The lowest BCUT2D eigenvalue weighted by atomic mass is 9.48. The fourth-order valence-corrected chi connectivity index (χ4v) is 3.57. The third-order valence-electron chi connectivity index (χ3n) is 5.11. The molecule has 0 aromatic carbocycles. The molecular formula is C18H36. The van der Waals surface area contributed by atoms with Crippen molar-refractivity contribution in [3.8, 4) is 0 Å². The largest absolute Gasteiger partial charge is 0.0998 e. The molecule has 0 saturated heterocycles. The summed E-state index contributed by atoms with van der Waals surface area (Å²) in [6, 6.07) is 0. The highest BCUT2D eigenvalue weighted by molar-refractivity contribution is 5.11. The molecule has 0 aliphatic rings. The van der Waals surface area contributed by atoms with E-state index in [0.717, 1.165) is 5.92 Å². The smallest absolute Gasteiger partial charge is 0.0142 e. The Hall–Kier alpha value is -0.260. The van der Waals surface area contributed by atoms with Gasteiger partial charge in [-0.1, -0.05) is 74.5 Å². The molecule has 0 radical (unpaired) electrons. The van der Waals surface area contributed by atoms with Gasteiger partial charge in [-0.3, -0.25) is 0 Å². The van der Waals surface area contributed by atoms with Crippen LogP contribution in [0.2, 0.25) is 0 Å². The van der Waals surface area contributed by atoms with Crippen LogP contribution in [0, 0.1) is 28.1 Å². The van der Waals surface area contributed by atoms with Gasteiger partial charge in [0.1, 0.15) is 0 Å². The number of hydrogen-bond donors (Lipinski definition) is 0. The van der Waals surface area contributed by atoms with Crippen molar-refractivity contribution in [2.45, 2.75) is 75.7 Å². The van der Waals surface area contributed by atoms with E-state index in [-0.39, 0.29) is 16.2 Å². The summed E-state index contributed by atoms with van der Waals surface area (Å²) in [6.07, 6.45) is 1.24. The molecule has 0 aliphatic carbocycles. The van der Waals surface area contributed by atoms with E-state index in [9.17, 15) is 0 Å². The third-order valence-corrected chi connectivity index (χ3v) is 5.11. The van der Waals surface area contributed by atoms with Gasteiger partial charge in [0.2, 0.25) is 0 Å². The molecule has 108 valence electrons. The van der Waals surface area contributed by atoms with Crippen LogP contribution in [0.4, 0.5) is 0 Å². The van der Waals surface area contributed by atoms with Crippen LogP contribution >= 0.6 is 0 Å². The minimum atomic E-state index is 0.246. The quantitative estimate of drug-likeness (QED) is 0.513. The molecular weight excluding hydrogens is 216 g/mol. The molecule has 0 fully saturated rings. The summed E-state index contributed by atoms with van der Waals surface area (Å²) in [7, 11) is 0.